The molecule has 8 heteroatoms. The molecule has 4 aromatic rings. The molecule has 1 amide bonds. The number of anilines is 1. The van der Waals surface area contributed by atoms with Gasteiger partial charge in [-0.3, -0.25) is 9.78 Å². The topological polar surface area (TPSA) is 68.0 Å². The van der Waals surface area contributed by atoms with Gasteiger partial charge in [-0.1, -0.05) is 23.7 Å². The molecule has 29 heavy (non-hydrogen) atoms. The number of carbonyl (C=O) groups excluding carboxylic acids is 1. The van der Waals surface area contributed by atoms with Gasteiger partial charge >= 0.3 is 0 Å². The van der Waals surface area contributed by atoms with Gasteiger partial charge in [0, 0.05) is 29.4 Å². The molecule has 4 rings (SSSR count). The minimum absolute atomic E-state index is 0.0268. The predicted molar refractivity (Wildman–Crippen MR) is 106 cm³/mol. The van der Waals surface area contributed by atoms with Gasteiger partial charge in [0.25, 0.3) is 0 Å². The second-order valence-corrected chi connectivity index (χ2v) is 6.73. The number of carbonyl (C=O) groups is 1. The van der Waals surface area contributed by atoms with Crippen LogP contribution in [0.25, 0.3) is 22.2 Å². The number of nitrogens with zero attached hydrogens (tertiary/aromatic N) is 2. The number of benzene rings is 2. The summed E-state index contributed by atoms with van der Waals surface area (Å²) < 4.78 is 33.1. The standard InChI is InChI=1S/C21H14ClF2N3O2/c22-13-9-12-3-2-8-25-21(12)16(10-13)27-18(28)6-7-19-26-11-17(29-19)20-14(23)4-1-5-15(20)24/h1-5,8-11H,6-7H2,(H,27,28). The molecule has 0 saturated heterocycles. The molecule has 0 aliphatic carbocycles. The van der Waals surface area contributed by atoms with Crippen molar-refractivity contribution in [3.8, 4) is 11.3 Å². The normalized spacial score (nSPS) is 11.0. The van der Waals surface area contributed by atoms with Crippen LogP contribution in [-0.2, 0) is 11.2 Å². The van der Waals surface area contributed by atoms with Crippen LogP contribution in [0.3, 0.4) is 0 Å². The Labute approximate surface area is 169 Å². The number of aromatic nitrogens is 2. The molecule has 2 heterocycles. The quantitative estimate of drug-likeness (QED) is 0.476. The van der Waals surface area contributed by atoms with E-state index in [1.54, 1.807) is 24.4 Å². The van der Waals surface area contributed by atoms with E-state index in [0.717, 1.165) is 17.5 Å². The first-order valence-corrected chi connectivity index (χ1v) is 9.12. The molecule has 0 spiro atoms. The lowest BCUT2D eigenvalue weighted by atomic mass is 10.1. The van der Waals surface area contributed by atoms with Crippen molar-refractivity contribution in [2.45, 2.75) is 12.8 Å². The molecular formula is C21H14ClF2N3O2. The highest BCUT2D eigenvalue weighted by Crippen LogP contribution is 2.28. The van der Waals surface area contributed by atoms with Gasteiger partial charge in [0.15, 0.2) is 11.7 Å². The maximum absolute atomic E-state index is 13.9. The first-order valence-electron chi connectivity index (χ1n) is 8.74. The van der Waals surface area contributed by atoms with Crippen LogP contribution >= 0.6 is 11.6 Å². The van der Waals surface area contributed by atoms with Crippen LogP contribution in [-0.4, -0.2) is 15.9 Å². The van der Waals surface area contributed by atoms with Crippen molar-refractivity contribution in [1.82, 2.24) is 9.97 Å². The molecule has 0 unspecified atom stereocenters. The zero-order valence-corrected chi connectivity index (χ0v) is 15.7. The van der Waals surface area contributed by atoms with Crippen LogP contribution in [0.5, 0.6) is 0 Å². The van der Waals surface area contributed by atoms with Gasteiger partial charge in [-0.25, -0.2) is 13.8 Å². The third-order valence-corrected chi connectivity index (χ3v) is 4.49. The van der Waals surface area contributed by atoms with Crippen molar-refractivity contribution in [3.63, 3.8) is 0 Å². The summed E-state index contributed by atoms with van der Waals surface area (Å²) in [7, 11) is 0. The molecule has 146 valence electrons. The van der Waals surface area contributed by atoms with Crippen molar-refractivity contribution in [2.24, 2.45) is 0 Å². The van der Waals surface area contributed by atoms with E-state index in [1.807, 2.05) is 6.07 Å². The molecule has 5 nitrogen and oxygen atoms in total. The number of nitrogens with one attached hydrogen (secondary N) is 1. The Kier molecular flexibility index (Phi) is 5.22. The van der Waals surface area contributed by atoms with Gasteiger partial charge in [0.05, 0.1) is 23.0 Å². The highest BCUT2D eigenvalue weighted by Gasteiger charge is 2.16. The van der Waals surface area contributed by atoms with Gasteiger partial charge in [0.2, 0.25) is 5.91 Å². The zero-order chi connectivity index (χ0) is 20.4. The van der Waals surface area contributed by atoms with Crippen LogP contribution in [0.4, 0.5) is 14.5 Å². The molecule has 0 atom stereocenters. The third kappa shape index (κ3) is 4.09. The number of amides is 1. The van der Waals surface area contributed by atoms with E-state index in [2.05, 4.69) is 15.3 Å². The summed E-state index contributed by atoms with van der Waals surface area (Å²) in [4.78, 5) is 20.6. The smallest absolute Gasteiger partial charge is 0.224 e. The van der Waals surface area contributed by atoms with Crippen molar-refractivity contribution in [1.29, 1.82) is 0 Å². The molecular weight excluding hydrogens is 400 g/mol. The molecule has 0 aliphatic heterocycles. The Hall–Kier alpha value is -3.32. The van der Waals surface area contributed by atoms with E-state index in [-0.39, 0.29) is 36.0 Å². The molecule has 0 radical (unpaired) electrons. The number of hydrogen-bond donors (Lipinski definition) is 1. The fourth-order valence-electron chi connectivity index (χ4n) is 2.96. The van der Waals surface area contributed by atoms with Crippen molar-refractivity contribution in [3.05, 3.63) is 77.4 Å². The van der Waals surface area contributed by atoms with Crippen LogP contribution in [0.15, 0.2) is 59.3 Å². The molecule has 0 fully saturated rings. The Balaban J connectivity index is 1.46. The Morgan fingerprint density at radius 2 is 1.90 bits per heavy atom. The van der Waals surface area contributed by atoms with Crippen LogP contribution in [0.1, 0.15) is 12.3 Å². The lowest BCUT2D eigenvalue weighted by Crippen LogP contribution is -2.13. The van der Waals surface area contributed by atoms with Crippen LogP contribution < -0.4 is 5.32 Å². The number of aryl methyl sites for hydroxylation is 1. The van der Waals surface area contributed by atoms with E-state index in [0.29, 0.717) is 16.2 Å². The Morgan fingerprint density at radius 1 is 1.10 bits per heavy atom. The summed E-state index contributed by atoms with van der Waals surface area (Å²) in [5.74, 6) is -1.61. The van der Waals surface area contributed by atoms with Gasteiger partial charge < -0.3 is 9.73 Å². The summed E-state index contributed by atoms with van der Waals surface area (Å²) in [5, 5.41) is 4.06. The Morgan fingerprint density at radius 3 is 2.69 bits per heavy atom. The number of pyridine rings is 1. The average molecular weight is 414 g/mol. The van der Waals surface area contributed by atoms with Crippen molar-refractivity contribution >= 4 is 34.1 Å². The summed E-state index contributed by atoms with van der Waals surface area (Å²) in [5.41, 5.74) is 0.838. The SMILES string of the molecule is O=C(CCc1ncc(-c2c(F)cccc2F)o1)Nc1cc(Cl)cc2cccnc12. The first-order chi connectivity index (χ1) is 14.0. The minimum atomic E-state index is -0.745. The maximum atomic E-state index is 13.9. The summed E-state index contributed by atoms with van der Waals surface area (Å²) >= 11 is 6.10. The van der Waals surface area contributed by atoms with E-state index >= 15 is 0 Å². The lowest BCUT2D eigenvalue weighted by molar-refractivity contribution is -0.116. The van der Waals surface area contributed by atoms with Gasteiger partial charge in [0.1, 0.15) is 11.6 Å². The summed E-state index contributed by atoms with van der Waals surface area (Å²) in [6, 6.07) is 10.6. The minimum Gasteiger partial charge on any atom is -0.441 e. The van der Waals surface area contributed by atoms with E-state index in [1.165, 1.54) is 12.3 Å². The highest BCUT2D eigenvalue weighted by atomic mass is 35.5. The molecule has 0 saturated carbocycles. The molecule has 0 bridgehead atoms. The number of oxazole rings is 1. The number of fused-ring (bicyclic) bond motifs is 1. The van der Waals surface area contributed by atoms with Crippen molar-refractivity contribution < 1.29 is 18.0 Å². The molecule has 0 aliphatic rings. The fourth-order valence-corrected chi connectivity index (χ4v) is 3.19. The largest absolute Gasteiger partial charge is 0.441 e. The number of hydrogen-bond acceptors (Lipinski definition) is 4. The zero-order valence-electron chi connectivity index (χ0n) is 15.0. The van der Waals surface area contributed by atoms with E-state index < -0.39 is 11.6 Å². The Bertz CT molecular complexity index is 1190. The first kappa shape index (κ1) is 19.0. The summed E-state index contributed by atoms with van der Waals surface area (Å²) in [6.07, 6.45) is 3.08. The second kappa shape index (κ2) is 7.97. The monoisotopic (exact) mass is 413 g/mol. The maximum Gasteiger partial charge on any atom is 0.224 e. The van der Waals surface area contributed by atoms with Gasteiger partial charge in [-0.15, -0.1) is 0 Å². The van der Waals surface area contributed by atoms with Gasteiger partial charge in [-0.2, -0.15) is 0 Å². The molecule has 2 aromatic carbocycles. The lowest BCUT2D eigenvalue weighted by Gasteiger charge is -2.08. The van der Waals surface area contributed by atoms with Gasteiger partial charge in [-0.05, 0) is 30.3 Å². The third-order valence-electron chi connectivity index (χ3n) is 4.27. The fraction of sp³-hybridized carbons (Fsp3) is 0.0952. The van der Waals surface area contributed by atoms with Crippen LogP contribution in [0.2, 0.25) is 5.02 Å². The molecule has 2 aromatic heterocycles. The summed E-state index contributed by atoms with van der Waals surface area (Å²) in [6.45, 7) is 0. The van der Waals surface area contributed by atoms with E-state index in [9.17, 15) is 13.6 Å². The van der Waals surface area contributed by atoms with Crippen LogP contribution in [0, 0.1) is 11.6 Å². The number of rotatable bonds is 5. The second-order valence-electron chi connectivity index (χ2n) is 6.29. The van der Waals surface area contributed by atoms with Crippen molar-refractivity contribution in [2.75, 3.05) is 5.32 Å². The molecule has 1 N–H and O–H groups in total. The predicted octanol–water partition coefficient (Wildman–Crippen LogP) is 5.39. The van der Waals surface area contributed by atoms with E-state index in [4.69, 9.17) is 16.0 Å². The highest BCUT2D eigenvalue weighted by molar-refractivity contribution is 6.32. The number of halogens is 3. The average Bonchev–Trinajstić information content (AvgIpc) is 3.15.